The molecule has 4 rings (SSSR count). The van der Waals surface area contributed by atoms with Gasteiger partial charge in [0.15, 0.2) is 0 Å². The molecule has 0 unspecified atom stereocenters. The van der Waals surface area contributed by atoms with E-state index in [9.17, 15) is 24.3 Å². The number of carbonyl (C=O) groups is 4. The van der Waals surface area contributed by atoms with Crippen molar-refractivity contribution in [3.63, 3.8) is 0 Å². The average Bonchev–Trinajstić information content (AvgIpc) is 3.64. The van der Waals surface area contributed by atoms with E-state index in [1.807, 2.05) is 0 Å². The molecule has 2 aromatic rings. The van der Waals surface area contributed by atoms with E-state index in [2.05, 4.69) is 10.3 Å². The number of ketones is 1. The van der Waals surface area contributed by atoms with Crippen LogP contribution in [0.2, 0.25) is 0 Å². The van der Waals surface area contributed by atoms with Gasteiger partial charge in [0.1, 0.15) is 34.1 Å². The Morgan fingerprint density at radius 3 is 2.50 bits per heavy atom. The van der Waals surface area contributed by atoms with Gasteiger partial charge in [-0.3, -0.25) is 19.3 Å². The van der Waals surface area contributed by atoms with E-state index in [-0.39, 0.29) is 35.1 Å². The van der Waals surface area contributed by atoms with Gasteiger partial charge in [0.05, 0.1) is 6.04 Å². The van der Waals surface area contributed by atoms with Gasteiger partial charge in [0.25, 0.3) is 0 Å². The highest BCUT2D eigenvalue weighted by Gasteiger charge is 2.41. The summed E-state index contributed by atoms with van der Waals surface area (Å²) in [5.41, 5.74) is -0.0800. The van der Waals surface area contributed by atoms with Crippen LogP contribution in [0.3, 0.4) is 0 Å². The lowest BCUT2D eigenvalue weighted by molar-refractivity contribution is -0.140. The van der Waals surface area contributed by atoms with E-state index in [0.29, 0.717) is 23.5 Å². The van der Waals surface area contributed by atoms with Crippen LogP contribution in [0.15, 0.2) is 29.6 Å². The fraction of sp³-hybridized carbons (Fsp3) is 0.581. The maximum absolute atomic E-state index is 14.2. The van der Waals surface area contributed by atoms with Crippen molar-refractivity contribution in [3.8, 4) is 5.75 Å². The number of thiazole rings is 1. The minimum atomic E-state index is -0.835. The van der Waals surface area contributed by atoms with Crippen LogP contribution < -0.4 is 5.32 Å². The van der Waals surface area contributed by atoms with Gasteiger partial charge in [0.2, 0.25) is 17.6 Å². The molecule has 11 heteroatoms. The molecule has 1 aliphatic heterocycles. The molecule has 1 saturated carbocycles. The molecule has 0 bridgehead atoms. The van der Waals surface area contributed by atoms with Crippen LogP contribution in [0, 0.1) is 5.92 Å². The number of amides is 3. The van der Waals surface area contributed by atoms with Crippen LogP contribution in [0.25, 0.3) is 0 Å². The van der Waals surface area contributed by atoms with Gasteiger partial charge in [-0.1, -0.05) is 31.4 Å². The van der Waals surface area contributed by atoms with Crippen molar-refractivity contribution in [2.45, 2.75) is 96.4 Å². The number of phenolic OH excluding ortho intramolecular Hbond substituents is 1. The van der Waals surface area contributed by atoms with Crippen molar-refractivity contribution in [1.82, 2.24) is 20.1 Å². The van der Waals surface area contributed by atoms with Gasteiger partial charge in [0, 0.05) is 24.5 Å². The molecule has 1 aromatic carbocycles. The molecule has 2 N–H and O–H groups in total. The quantitative estimate of drug-likeness (QED) is 0.406. The number of hydrogen-bond acceptors (Lipinski definition) is 8. The minimum Gasteiger partial charge on any atom is -0.508 e. The number of phenols is 1. The summed E-state index contributed by atoms with van der Waals surface area (Å²) in [4.78, 5) is 60.8. The second-order valence-corrected chi connectivity index (χ2v) is 13.2. The Balaban J connectivity index is 1.51. The summed E-state index contributed by atoms with van der Waals surface area (Å²) in [6.07, 6.45) is 5.66. The zero-order valence-electron chi connectivity index (χ0n) is 25.1. The molecule has 10 nitrogen and oxygen atoms in total. The van der Waals surface area contributed by atoms with Gasteiger partial charge >= 0.3 is 6.09 Å². The van der Waals surface area contributed by atoms with Crippen molar-refractivity contribution in [1.29, 1.82) is 0 Å². The highest BCUT2D eigenvalue weighted by Crippen LogP contribution is 2.36. The molecule has 42 heavy (non-hydrogen) atoms. The Labute approximate surface area is 251 Å². The van der Waals surface area contributed by atoms with Crippen molar-refractivity contribution in [3.05, 3.63) is 45.9 Å². The van der Waals surface area contributed by atoms with Crippen molar-refractivity contribution < 1.29 is 29.0 Å². The molecule has 0 radical (unpaired) electrons. The summed E-state index contributed by atoms with van der Waals surface area (Å²) in [6.45, 7) is 7.46. The Hall–Kier alpha value is -3.47. The van der Waals surface area contributed by atoms with E-state index in [1.54, 1.807) is 50.1 Å². The number of ether oxygens (including phenoxy) is 1. The second-order valence-electron chi connectivity index (χ2n) is 12.3. The predicted octanol–water partition coefficient (Wildman–Crippen LogP) is 5.06. The molecule has 3 atom stereocenters. The second kappa shape index (κ2) is 13.2. The number of nitrogens with one attached hydrogen (secondary N) is 1. The number of likely N-dealkylation sites (tertiary alicyclic amines) is 1. The van der Waals surface area contributed by atoms with Gasteiger partial charge in [-0.15, -0.1) is 11.3 Å². The van der Waals surface area contributed by atoms with E-state index < -0.39 is 29.7 Å². The number of aromatic hydroxyl groups is 1. The Morgan fingerprint density at radius 2 is 1.83 bits per heavy atom. The van der Waals surface area contributed by atoms with Crippen molar-refractivity contribution >= 4 is 35.0 Å². The number of rotatable bonds is 8. The third kappa shape index (κ3) is 7.48. The number of benzene rings is 1. The largest absolute Gasteiger partial charge is 0.508 e. The molecule has 3 amide bonds. The highest BCUT2D eigenvalue weighted by atomic mass is 32.1. The summed E-state index contributed by atoms with van der Waals surface area (Å²) >= 11 is 1.34. The Bertz CT molecular complexity index is 1300. The van der Waals surface area contributed by atoms with E-state index in [4.69, 9.17) is 4.74 Å². The normalized spacial score (nSPS) is 19.2. The number of nitrogens with zero attached hydrogens (tertiary/aromatic N) is 3. The standard InChI is InChI=1S/C31H42N4O6S/c1-19(34(5)30(40)41-31(2,3)4)27(38)33-25(20-11-7-6-8-12-20)29(39)35-16-10-15-24(35)28-32-23(18-42-28)26(37)21-13-9-14-22(36)17-21/h9,13-14,17-20,24-25,36H,6-8,10-12,15-16H2,1-5H3,(H,33,38)/t19-,24+,25-/m0/s1. The lowest BCUT2D eigenvalue weighted by atomic mass is 9.83. The first-order valence-corrected chi connectivity index (χ1v) is 15.6. The first-order valence-electron chi connectivity index (χ1n) is 14.7. The molecular weight excluding hydrogens is 556 g/mol. The molecule has 1 aliphatic carbocycles. The number of carbonyl (C=O) groups excluding carboxylic acids is 4. The number of hydrogen-bond donors (Lipinski definition) is 2. The highest BCUT2D eigenvalue weighted by molar-refractivity contribution is 7.10. The van der Waals surface area contributed by atoms with Gasteiger partial charge < -0.3 is 20.1 Å². The third-order valence-electron chi connectivity index (χ3n) is 8.01. The fourth-order valence-electron chi connectivity index (χ4n) is 5.60. The molecule has 2 heterocycles. The molecular formula is C31H42N4O6S. The monoisotopic (exact) mass is 598 g/mol. The van der Waals surface area contributed by atoms with Crippen molar-refractivity contribution in [2.75, 3.05) is 13.6 Å². The molecule has 228 valence electrons. The van der Waals surface area contributed by atoms with Crippen LogP contribution >= 0.6 is 11.3 Å². The summed E-state index contributed by atoms with van der Waals surface area (Å²) in [6, 6.07) is 4.30. The van der Waals surface area contributed by atoms with Gasteiger partial charge in [-0.2, -0.15) is 0 Å². The maximum atomic E-state index is 14.2. The zero-order chi connectivity index (χ0) is 30.6. The molecule has 1 saturated heterocycles. The van der Waals surface area contributed by atoms with Gasteiger partial charge in [-0.05, 0) is 71.4 Å². The number of aromatic nitrogens is 1. The minimum absolute atomic E-state index is 0.00493. The van der Waals surface area contributed by atoms with E-state index >= 15 is 0 Å². The molecule has 1 aromatic heterocycles. The SMILES string of the molecule is C[C@@H](C(=O)N[C@H](C(=O)N1CCC[C@@H]1c1nc(C(=O)c2cccc(O)c2)cs1)C1CCCCC1)N(C)C(=O)OC(C)(C)C. The van der Waals surface area contributed by atoms with Crippen LogP contribution in [0.5, 0.6) is 5.75 Å². The summed E-state index contributed by atoms with van der Waals surface area (Å²) < 4.78 is 5.43. The van der Waals surface area contributed by atoms with Crippen LogP contribution in [-0.2, 0) is 14.3 Å². The third-order valence-corrected chi connectivity index (χ3v) is 8.96. The van der Waals surface area contributed by atoms with Crippen molar-refractivity contribution in [2.24, 2.45) is 5.92 Å². The molecule has 2 fully saturated rings. The van der Waals surface area contributed by atoms with E-state index in [1.165, 1.54) is 35.4 Å². The topological polar surface area (TPSA) is 129 Å². The Kier molecular flexibility index (Phi) is 9.91. The van der Waals surface area contributed by atoms with Gasteiger partial charge in [-0.25, -0.2) is 9.78 Å². The van der Waals surface area contributed by atoms with Crippen LogP contribution in [0.1, 0.15) is 99.7 Å². The lowest BCUT2D eigenvalue weighted by Gasteiger charge is -2.36. The fourth-order valence-corrected chi connectivity index (χ4v) is 6.54. The summed E-state index contributed by atoms with van der Waals surface area (Å²) in [7, 11) is 1.52. The maximum Gasteiger partial charge on any atom is 0.410 e. The first-order chi connectivity index (χ1) is 19.9. The summed E-state index contributed by atoms with van der Waals surface area (Å²) in [5.74, 6) is -0.849. The van der Waals surface area contributed by atoms with E-state index in [0.717, 1.165) is 38.5 Å². The predicted molar refractivity (Wildman–Crippen MR) is 159 cm³/mol. The van der Waals surface area contributed by atoms with Crippen LogP contribution in [-0.4, -0.2) is 74.9 Å². The molecule has 2 aliphatic rings. The lowest BCUT2D eigenvalue weighted by Crippen LogP contribution is -2.56. The first kappa shape index (κ1) is 31.5. The average molecular weight is 599 g/mol. The Morgan fingerprint density at radius 1 is 1.12 bits per heavy atom. The zero-order valence-corrected chi connectivity index (χ0v) is 25.9. The smallest absolute Gasteiger partial charge is 0.410 e. The number of likely N-dealkylation sites (N-methyl/N-ethyl adjacent to an activating group) is 1. The van der Waals surface area contributed by atoms with Crippen LogP contribution in [0.4, 0.5) is 4.79 Å². The molecule has 0 spiro atoms. The summed E-state index contributed by atoms with van der Waals surface area (Å²) in [5, 5.41) is 15.1.